The third-order valence-corrected chi connectivity index (χ3v) is 5.22. The van der Waals surface area contributed by atoms with Crippen LogP contribution in [0.5, 0.6) is 0 Å². The first-order chi connectivity index (χ1) is 8.44. The summed E-state index contributed by atoms with van der Waals surface area (Å²) >= 11 is 0. The molecule has 3 saturated heterocycles. The Hall–Kier alpha value is -0.910. The van der Waals surface area contributed by atoms with E-state index >= 15 is 0 Å². The monoisotopic (exact) mass is 253 g/mol. The number of amides is 1. The van der Waals surface area contributed by atoms with Crippen molar-refractivity contribution in [2.45, 2.75) is 43.6 Å². The lowest BCUT2D eigenvalue weighted by molar-refractivity contribution is -0.187. The molecule has 3 aliphatic rings. The number of ether oxygens (including phenoxy) is 1. The van der Waals surface area contributed by atoms with Crippen molar-refractivity contribution < 1.29 is 19.7 Å². The molecule has 0 aliphatic carbocycles. The first-order valence-corrected chi connectivity index (χ1v) is 6.39. The van der Waals surface area contributed by atoms with Gasteiger partial charge in [-0.2, -0.15) is 0 Å². The van der Waals surface area contributed by atoms with Gasteiger partial charge in [0.15, 0.2) is 11.9 Å². The third kappa shape index (κ3) is 0.952. The van der Waals surface area contributed by atoms with Gasteiger partial charge in [-0.3, -0.25) is 4.79 Å². The quantitative estimate of drug-likeness (QED) is 0.681. The molecular formula is C13H19NO4. The zero-order valence-electron chi connectivity index (χ0n) is 10.6. The van der Waals surface area contributed by atoms with Crippen molar-refractivity contribution in [2.24, 2.45) is 5.41 Å². The Labute approximate surface area is 106 Å². The summed E-state index contributed by atoms with van der Waals surface area (Å²) in [4.78, 5) is 14.1. The molecule has 0 aromatic heterocycles. The van der Waals surface area contributed by atoms with Crippen LogP contribution in [0, 0.1) is 5.41 Å². The van der Waals surface area contributed by atoms with Gasteiger partial charge in [0.1, 0.15) is 0 Å². The lowest BCUT2D eigenvalue weighted by Crippen LogP contribution is -2.58. The van der Waals surface area contributed by atoms with Crippen molar-refractivity contribution in [3.05, 3.63) is 12.7 Å². The predicted molar refractivity (Wildman–Crippen MR) is 63.5 cm³/mol. The third-order valence-electron chi connectivity index (χ3n) is 5.22. The molecule has 0 aromatic carbocycles. The average molecular weight is 253 g/mol. The second-order valence-corrected chi connectivity index (χ2v) is 5.79. The van der Waals surface area contributed by atoms with Gasteiger partial charge in [-0.05, 0) is 26.2 Å². The number of carbonyl (C=O) groups is 1. The molecule has 0 radical (unpaired) electrons. The molecular weight excluding hydrogens is 234 g/mol. The smallest absolute Gasteiger partial charge is 0.255 e. The van der Waals surface area contributed by atoms with Crippen LogP contribution in [0.4, 0.5) is 0 Å². The highest BCUT2D eigenvalue weighted by molar-refractivity contribution is 5.91. The summed E-state index contributed by atoms with van der Waals surface area (Å²) < 4.78 is 5.42. The minimum absolute atomic E-state index is 0.288. The van der Waals surface area contributed by atoms with Crippen LogP contribution in [0.1, 0.15) is 26.2 Å². The van der Waals surface area contributed by atoms with Crippen molar-refractivity contribution in [1.82, 2.24) is 4.90 Å². The fourth-order valence-corrected chi connectivity index (χ4v) is 4.37. The largest absolute Gasteiger partial charge is 0.379 e. The highest BCUT2D eigenvalue weighted by Crippen LogP contribution is 2.63. The van der Waals surface area contributed by atoms with Gasteiger partial charge in [-0.25, -0.2) is 0 Å². The number of nitrogens with zero attached hydrogens (tertiary/aromatic N) is 1. The highest BCUT2D eigenvalue weighted by atomic mass is 16.6. The molecule has 3 rings (SSSR count). The molecule has 3 fully saturated rings. The molecule has 0 aromatic rings. The lowest BCUT2D eigenvalue weighted by atomic mass is 9.61. The van der Waals surface area contributed by atoms with Gasteiger partial charge < -0.3 is 19.8 Å². The molecule has 100 valence electrons. The van der Waals surface area contributed by atoms with E-state index in [1.807, 2.05) is 0 Å². The van der Waals surface area contributed by atoms with Crippen LogP contribution in [-0.4, -0.2) is 51.6 Å². The maximum absolute atomic E-state index is 12.4. The van der Waals surface area contributed by atoms with Gasteiger partial charge in [-0.1, -0.05) is 6.08 Å². The highest BCUT2D eigenvalue weighted by Gasteiger charge is 2.79. The van der Waals surface area contributed by atoms with Crippen LogP contribution in [0.2, 0.25) is 0 Å². The minimum Gasteiger partial charge on any atom is -0.379 e. The van der Waals surface area contributed by atoms with E-state index in [9.17, 15) is 15.0 Å². The molecule has 0 saturated carbocycles. The second kappa shape index (κ2) is 3.35. The summed E-state index contributed by atoms with van der Waals surface area (Å²) in [6, 6.07) is 0. The molecule has 1 amide bonds. The molecule has 2 N–H and O–H groups in total. The Kier molecular flexibility index (Phi) is 2.26. The number of rotatable bonds is 2. The van der Waals surface area contributed by atoms with Crippen LogP contribution in [0.3, 0.4) is 0 Å². The molecule has 0 bridgehead atoms. The predicted octanol–water partition coefficient (Wildman–Crippen LogP) is 0.0233. The van der Waals surface area contributed by atoms with Crippen LogP contribution >= 0.6 is 0 Å². The first kappa shape index (κ1) is 12.1. The first-order valence-electron chi connectivity index (χ1n) is 6.39. The van der Waals surface area contributed by atoms with Gasteiger partial charge in [0.25, 0.3) is 5.91 Å². The number of hydrogen-bond acceptors (Lipinski definition) is 4. The minimum atomic E-state index is -1.60. The van der Waals surface area contributed by atoms with E-state index in [0.29, 0.717) is 19.6 Å². The summed E-state index contributed by atoms with van der Waals surface area (Å²) in [5, 5.41) is 21.0. The fraction of sp³-hybridized carbons (Fsp3) is 0.769. The molecule has 1 spiro atoms. The van der Waals surface area contributed by atoms with Crippen molar-refractivity contribution in [2.75, 3.05) is 13.2 Å². The molecule has 1 unspecified atom stereocenters. The van der Waals surface area contributed by atoms with E-state index in [4.69, 9.17) is 4.74 Å². The SMILES string of the molecule is C=CC[C@@]12C(O)OC[C@@]13CCCN3C(=O)[C@@]2(C)O. The van der Waals surface area contributed by atoms with E-state index in [0.717, 1.165) is 12.8 Å². The summed E-state index contributed by atoms with van der Waals surface area (Å²) in [6.45, 7) is 6.13. The molecule has 3 heterocycles. The van der Waals surface area contributed by atoms with Crippen LogP contribution in [0.15, 0.2) is 12.7 Å². The number of aliphatic hydroxyl groups is 2. The Bertz CT molecular complexity index is 421. The standard InChI is InChI=1S/C13H19NO4/c1-3-5-13-10(16)18-8-12(13)6-4-7-14(12)9(15)11(13,2)17/h3,10,16-17H,1,4-8H2,2H3/t10?,11-,12+,13+/m1/s1. The lowest BCUT2D eigenvalue weighted by Gasteiger charge is -2.43. The summed E-state index contributed by atoms with van der Waals surface area (Å²) in [6.07, 6.45) is 2.54. The maximum Gasteiger partial charge on any atom is 0.255 e. The fourth-order valence-electron chi connectivity index (χ4n) is 4.37. The molecule has 5 nitrogen and oxygen atoms in total. The van der Waals surface area contributed by atoms with Gasteiger partial charge in [0.2, 0.25) is 0 Å². The second-order valence-electron chi connectivity index (χ2n) is 5.79. The Morgan fingerprint density at radius 3 is 3.06 bits per heavy atom. The van der Waals surface area contributed by atoms with E-state index < -0.39 is 22.8 Å². The van der Waals surface area contributed by atoms with Gasteiger partial charge >= 0.3 is 0 Å². The molecule has 3 aliphatic heterocycles. The van der Waals surface area contributed by atoms with Crippen LogP contribution < -0.4 is 0 Å². The van der Waals surface area contributed by atoms with Crippen molar-refractivity contribution in [3.8, 4) is 0 Å². The zero-order valence-corrected chi connectivity index (χ0v) is 10.6. The average Bonchev–Trinajstić information content (AvgIpc) is 2.89. The van der Waals surface area contributed by atoms with Crippen LogP contribution in [-0.2, 0) is 9.53 Å². The van der Waals surface area contributed by atoms with E-state index in [1.165, 1.54) is 6.92 Å². The van der Waals surface area contributed by atoms with Gasteiger partial charge in [-0.15, -0.1) is 6.58 Å². The number of aliphatic hydroxyl groups excluding tert-OH is 1. The zero-order chi connectivity index (χ0) is 13.2. The van der Waals surface area contributed by atoms with Gasteiger partial charge in [0.05, 0.1) is 17.6 Å². The Morgan fingerprint density at radius 2 is 2.39 bits per heavy atom. The normalized spacial score (nSPS) is 50.5. The van der Waals surface area contributed by atoms with Crippen molar-refractivity contribution >= 4 is 5.91 Å². The van der Waals surface area contributed by atoms with E-state index in [2.05, 4.69) is 6.58 Å². The van der Waals surface area contributed by atoms with Crippen LogP contribution in [0.25, 0.3) is 0 Å². The summed E-state index contributed by atoms with van der Waals surface area (Å²) in [5.41, 5.74) is -3.16. The molecule has 18 heavy (non-hydrogen) atoms. The summed E-state index contributed by atoms with van der Waals surface area (Å²) in [7, 11) is 0. The number of carbonyl (C=O) groups excluding carboxylic acids is 1. The molecule has 5 heteroatoms. The van der Waals surface area contributed by atoms with Crippen molar-refractivity contribution in [3.63, 3.8) is 0 Å². The Morgan fingerprint density at radius 1 is 1.67 bits per heavy atom. The number of hydrogen-bond donors (Lipinski definition) is 2. The van der Waals surface area contributed by atoms with Gasteiger partial charge in [0, 0.05) is 6.54 Å². The van der Waals surface area contributed by atoms with Crippen molar-refractivity contribution in [1.29, 1.82) is 0 Å². The molecule has 4 atom stereocenters. The Balaban J connectivity index is 2.23. The topological polar surface area (TPSA) is 70.0 Å². The van der Waals surface area contributed by atoms with E-state index in [1.54, 1.807) is 11.0 Å². The maximum atomic E-state index is 12.4. The van der Waals surface area contributed by atoms with E-state index in [-0.39, 0.29) is 5.91 Å². The number of allylic oxidation sites excluding steroid dienone is 1. The summed E-state index contributed by atoms with van der Waals surface area (Å²) in [5.74, 6) is -0.288.